The lowest BCUT2D eigenvalue weighted by molar-refractivity contribution is 0.203. The molecule has 0 aliphatic carbocycles. The lowest BCUT2D eigenvalue weighted by atomic mass is 10.0. The molecule has 3 rings (SSSR count). The SMILES string of the molecule is C=C[C@@H](c1ccc(OCc2ccccc2)c(OC)c1)N1CCNCC1.Cl.Cl. The van der Waals surface area contributed by atoms with Gasteiger partial charge in [0.05, 0.1) is 13.2 Å². The van der Waals surface area contributed by atoms with Crippen LogP contribution in [-0.4, -0.2) is 38.2 Å². The summed E-state index contributed by atoms with van der Waals surface area (Å²) in [6, 6.07) is 16.5. The van der Waals surface area contributed by atoms with Gasteiger partial charge in [0.2, 0.25) is 0 Å². The first kappa shape index (κ1) is 23.3. The summed E-state index contributed by atoms with van der Waals surface area (Å²) in [5.41, 5.74) is 2.32. The molecule has 4 nitrogen and oxygen atoms in total. The van der Waals surface area contributed by atoms with Gasteiger partial charge in [-0.05, 0) is 23.3 Å². The van der Waals surface area contributed by atoms with Crippen molar-refractivity contribution in [3.8, 4) is 11.5 Å². The van der Waals surface area contributed by atoms with E-state index in [9.17, 15) is 0 Å². The maximum absolute atomic E-state index is 5.95. The van der Waals surface area contributed by atoms with Crippen LogP contribution < -0.4 is 14.8 Å². The molecule has 1 heterocycles. The summed E-state index contributed by atoms with van der Waals surface area (Å²) in [6.07, 6.45) is 2.00. The van der Waals surface area contributed by atoms with Crippen LogP contribution in [0.25, 0.3) is 0 Å². The zero-order chi connectivity index (χ0) is 17.5. The van der Waals surface area contributed by atoms with E-state index in [4.69, 9.17) is 9.47 Å². The van der Waals surface area contributed by atoms with Crippen LogP contribution >= 0.6 is 24.8 Å². The number of piperazine rings is 1. The summed E-state index contributed by atoms with van der Waals surface area (Å²) >= 11 is 0. The van der Waals surface area contributed by atoms with Crippen molar-refractivity contribution in [2.75, 3.05) is 33.3 Å². The molecule has 2 aromatic rings. The van der Waals surface area contributed by atoms with E-state index in [-0.39, 0.29) is 30.9 Å². The Morgan fingerprint density at radius 1 is 1.07 bits per heavy atom. The van der Waals surface area contributed by atoms with Crippen molar-refractivity contribution in [1.29, 1.82) is 0 Å². The number of rotatable bonds is 7. The fourth-order valence-corrected chi connectivity index (χ4v) is 3.18. The lowest BCUT2D eigenvalue weighted by Gasteiger charge is -2.33. The first-order valence-corrected chi connectivity index (χ1v) is 8.74. The van der Waals surface area contributed by atoms with Crippen molar-refractivity contribution in [3.63, 3.8) is 0 Å². The highest BCUT2D eigenvalue weighted by molar-refractivity contribution is 5.85. The van der Waals surface area contributed by atoms with Gasteiger partial charge < -0.3 is 14.8 Å². The predicted octanol–water partition coefficient (Wildman–Crippen LogP) is 4.25. The normalized spacial score (nSPS) is 15.0. The number of nitrogens with one attached hydrogen (secondary N) is 1. The fourth-order valence-electron chi connectivity index (χ4n) is 3.18. The predicted molar refractivity (Wildman–Crippen MR) is 116 cm³/mol. The standard InChI is InChI=1S/C21H26N2O2.2ClH/c1-3-19(23-13-11-22-12-14-23)18-9-10-20(21(15-18)24-2)25-16-17-7-5-4-6-8-17;;/h3-10,15,19,22H,1,11-14,16H2,2H3;2*1H/t19-;;/m0../s1. The van der Waals surface area contributed by atoms with Crippen molar-refractivity contribution < 1.29 is 9.47 Å². The molecule has 1 aliphatic heterocycles. The van der Waals surface area contributed by atoms with Gasteiger partial charge in [-0.15, -0.1) is 31.4 Å². The average Bonchev–Trinajstić information content (AvgIpc) is 2.69. The summed E-state index contributed by atoms with van der Waals surface area (Å²) in [4.78, 5) is 2.43. The molecule has 0 saturated carbocycles. The van der Waals surface area contributed by atoms with Crippen molar-refractivity contribution in [3.05, 3.63) is 72.3 Å². The van der Waals surface area contributed by atoms with E-state index in [1.54, 1.807) is 7.11 Å². The molecule has 1 fully saturated rings. The van der Waals surface area contributed by atoms with Crippen molar-refractivity contribution in [1.82, 2.24) is 10.2 Å². The molecule has 1 N–H and O–H groups in total. The molecule has 0 bridgehead atoms. The van der Waals surface area contributed by atoms with Crippen LogP contribution in [0, 0.1) is 0 Å². The van der Waals surface area contributed by atoms with Crippen molar-refractivity contribution >= 4 is 24.8 Å². The van der Waals surface area contributed by atoms with Gasteiger partial charge in [-0.2, -0.15) is 0 Å². The number of ether oxygens (including phenoxy) is 2. The molecule has 6 heteroatoms. The van der Waals surface area contributed by atoms with Crippen LogP contribution in [-0.2, 0) is 6.61 Å². The first-order valence-electron chi connectivity index (χ1n) is 8.74. The van der Waals surface area contributed by atoms with Gasteiger partial charge in [-0.25, -0.2) is 0 Å². The molecule has 0 unspecified atom stereocenters. The van der Waals surface area contributed by atoms with E-state index >= 15 is 0 Å². The molecule has 1 atom stereocenters. The zero-order valence-corrected chi connectivity index (χ0v) is 17.2. The molecule has 148 valence electrons. The second kappa shape index (κ2) is 11.9. The third-order valence-corrected chi connectivity index (χ3v) is 4.53. The van der Waals surface area contributed by atoms with E-state index in [1.807, 2.05) is 30.3 Å². The first-order chi connectivity index (χ1) is 12.3. The van der Waals surface area contributed by atoms with E-state index < -0.39 is 0 Å². The Morgan fingerprint density at radius 3 is 2.41 bits per heavy atom. The van der Waals surface area contributed by atoms with Gasteiger partial charge in [0.15, 0.2) is 11.5 Å². The number of benzene rings is 2. The summed E-state index contributed by atoms with van der Waals surface area (Å²) in [6.45, 7) is 8.62. The number of nitrogens with zero attached hydrogens (tertiary/aromatic N) is 1. The average molecular weight is 411 g/mol. The van der Waals surface area contributed by atoms with E-state index in [0.29, 0.717) is 6.61 Å². The summed E-state index contributed by atoms with van der Waals surface area (Å²) in [5, 5.41) is 3.39. The minimum atomic E-state index is 0. The van der Waals surface area contributed by atoms with Crippen LogP contribution in [0.15, 0.2) is 61.2 Å². The highest BCUT2D eigenvalue weighted by Gasteiger charge is 2.20. The quantitative estimate of drug-likeness (QED) is 0.691. The third kappa shape index (κ3) is 6.15. The van der Waals surface area contributed by atoms with Gasteiger partial charge in [0.1, 0.15) is 6.61 Å². The van der Waals surface area contributed by atoms with Crippen molar-refractivity contribution in [2.24, 2.45) is 0 Å². The van der Waals surface area contributed by atoms with E-state index in [1.165, 1.54) is 5.56 Å². The van der Waals surface area contributed by atoms with Gasteiger partial charge in [0, 0.05) is 26.2 Å². The maximum atomic E-state index is 5.95. The molecule has 0 amide bonds. The van der Waals surface area contributed by atoms with Gasteiger partial charge in [0.25, 0.3) is 0 Å². The second-order valence-corrected chi connectivity index (χ2v) is 6.15. The molecule has 0 radical (unpaired) electrons. The number of halogens is 2. The summed E-state index contributed by atoms with van der Waals surface area (Å²) in [5.74, 6) is 1.52. The van der Waals surface area contributed by atoms with Gasteiger partial charge >= 0.3 is 0 Å². The van der Waals surface area contributed by atoms with E-state index in [0.717, 1.165) is 43.2 Å². The third-order valence-electron chi connectivity index (χ3n) is 4.53. The van der Waals surface area contributed by atoms with Crippen LogP contribution in [0.1, 0.15) is 17.2 Å². The van der Waals surface area contributed by atoms with Crippen LogP contribution in [0.2, 0.25) is 0 Å². The Labute approximate surface area is 174 Å². The largest absolute Gasteiger partial charge is 0.493 e. The summed E-state index contributed by atoms with van der Waals surface area (Å²) < 4.78 is 11.5. The fraction of sp³-hybridized carbons (Fsp3) is 0.333. The number of hydrogen-bond donors (Lipinski definition) is 1. The zero-order valence-electron chi connectivity index (χ0n) is 15.6. The molecular weight excluding hydrogens is 383 g/mol. The smallest absolute Gasteiger partial charge is 0.161 e. The summed E-state index contributed by atoms with van der Waals surface area (Å²) in [7, 11) is 1.68. The molecule has 27 heavy (non-hydrogen) atoms. The minimum absolute atomic E-state index is 0. The molecule has 2 aromatic carbocycles. The molecular formula is C21H28Cl2N2O2. The highest BCUT2D eigenvalue weighted by atomic mass is 35.5. The topological polar surface area (TPSA) is 33.7 Å². The minimum Gasteiger partial charge on any atom is -0.493 e. The number of methoxy groups -OCH3 is 1. The Kier molecular flexibility index (Phi) is 10.3. The Balaban J connectivity index is 0.00000182. The second-order valence-electron chi connectivity index (χ2n) is 6.15. The van der Waals surface area contributed by atoms with Crippen LogP contribution in [0.3, 0.4) is 0 Å². The molecule has 1 aliphatic rings. The van der Waals surface area contributed by atoms with Crippen LogP contribution in [0.4, 0.5) is 0 Å². The highest BCUT2D eigenvalue weighted by Crippen LogP contribution is 2.33. The molecule has 1 saturated heterocycles. The van der Waals surface area contributed by atoms with Gasteiger partial charge in [-0.1, -0.05) is 42.5 Å². The maximum Gasteiger partial charge on any atom is 0.161 e. The van der Waals surface area contributed by atoms with Crippen molar-refractivity contribution in [2.45, 2.75) is 12.6 Å². The Morgan fingerprint density at radius 2 is 1.78 bits per heavy atom. The Hall–Kier alpha value is -1.72. The Bertz CT molecular complexity index is 692. The van der Waals surface area contributed by atoms with E-state index in [2.05, 4.69) is 41.1 Å². The monoisotopic (exact) mass is 410 g/mol. The van der Waals surface area contributed by atoms with Crippen LogP contribution in [0.5, 0.6) is 11.5 Å². The van der Waals surface area contributed by atoms with Gasteiger partial charge in [-0.3, -0.25) is 4.90 Å². The molecule has 0 spiro atoms. The molecule has 0 aromatic heterocycles. The lowest BCUT2D eigenvalue weighted by Crippen LogP contribution is -2.44. The number of hydrogen-bond acceptors (Lipinski definition) is 4.